The third-order valence-corrected chi connectivity index (χ3v) is 27.0. The van der Waals surface area contributed by atoms with E-state index in [1.54, 1.807) is 0 Å². The summed E-state index contributed by atoms with van der Waals surface area (Å²) in [5.41, 5.74) is 0. The van der Waals surface area contributed by atoms with Crippen molar-refractivity contribution in [3.63, 3.8) is 0 Å². The van der Waals surface area contributed by atoms with Crippen molar-refractivity contribution in [3.05, 3.63) is 0 Å². The third-order valence-electron chi connectivity index (χ3n) is 9.00. The van der Waals surface area contributed by atoms with Crippen LogP contribution in [0.5, 0.6) is 0 Å². The second kappa shape index (κ2) is 30.4. The van der Waals surface area contributed by atoms with Crippen LogP contribution >= 0.6 is 31.7 Å². The number of hydrogen-bond acceptors (Lipinski definition) is 0. The minimum atomic E-state index is -6.00. The smallest absolute Gasteiger partial charge is 0.418 e. The predicted octanol–water partition coefficient (Wildman–Crippen LogP) is 23.6. The van der Waals surface area contributed by atoms with Crippen LogP contribution in [0.2, 0.25) is 0 Å². The van der Waals surface area contributed by atoms with Crippen molar-refractivity contribution in [1.82, 2.24) is 0 Å². The topological polar surface area (TPSA) is 0 Å². The van der Waals surface area contributed by atoms with E-state index in [2.05, 4.69) is 249 Å². The molecule has 448 valence electrons. The highest BCUT2D eigenvalue weighted by atomic mass is 31.1. The molecule has 0 N–H and O–H groups in total. The second-order valence-electron chi connectivity index (χ2n) is 30.5. The van der Waals surface area contributed by atoms with Gasteiger partial charge in [-0.3, -0.25) is 0 Å². The number of rotatable bonds is 0. The van der Waals surface area contributed by atoms with Gasteiger partial charge >= 0.3 is 29.0 Å². The maximum Gasteiger partial charge on any atom is 0.673 e. The van der Waals surface area contributed by atoms with Crippen LogP contribution in [0.3, 0.4) is 0 Å². The van der Waals surface area contributed by atoms with E-state index in [9.17, 15) is 69.1 Å². The zero-order chi connectivity index (χ0) is 62.3. The molecule has 0 unspecified atom stereocenters. The van der Waals surface area contributed by atoms with Crippen molar-refractivity contribution >= 4 is 60.7 Å². The Hall–Kier alpha value is 0.860. The van der Waals surface area contributed by atoms with Gasteiger partial charge < -0.3 is 69.1 Å². The van der Waals surface area contributed by atoms with Crippen molar-refractivity contribution in [1.29, 1.82) is 0 Å². The molecular formula is C48H112B4F16P4. The first-order chi connectivity index (χ1) is 29.5. The predicted molar refractivity (Wildman–Crippen MR) is 311 cm³/mol. The van der Waals surface area contributed by atoms with Gasteiger partial charge in [-0.1, -0.05) is 0 Å². The van der Waals surface area contributed by atoms with Crippen LogP contribution in [0.4, 0.5) is 69.1 Å². The van der Waals surface area contributed by atoms with Gasteiger partial charge in [-0.05, 0) is 249 Å². The Morgan fingerprint density at radius 2 is 0.167 bits per heavy atom. The standard InChI is InChI=1S/4C12H27P.4BF4/c4*1-10(2,3)13(11(4,5)6)12(7,8)9;4*2-1(3,4)5/h4*1-9H3;;;;/q;;;;4*-1/p+4. The summed E-state index contributed by atoms with van der Waals surface area (Å²) in [6, 6.07) is 0. The maximum absolute atomic E-state index is 9.75. The fourth-order valence-electron chi connectivity index (χ4n) is 13.5. The van der Waals surface area contributed by atoms with Gasteiger partial charge in [0.05, 0.1) is 61.9 Å². The molecule has 0 radical (unpaired) electrons. The van der Waals surface area contributed by atoms with E-state index in [4.69, 9.17) is 0 Å². The van der Waals surface area contributed by atoms with Gasteiger partial charge in [0.1, 0.15) is 0 Å². The highest BCUT2D eigenvalue weighted by molar-refractivity contribution is 7.63. The summed E-state index contributed by atoms with van der Waals surface area (Å²) in [6.07, 6.45) is 0. The molecular weight excluding hydrogens is 1050 g/mol. The normalized spacial score (nSPS) is 14.3. The van der Waals surface area contributed by atoms with E-state index in [1.165, 1.54) is 0 Å². The first kappa shape index (κ1) is 89.4. The van der Waals surface area contributed by atoms with Crippen molar-refractivity contribution in [2.24, 2.45) is 0 Å². The molecule has 0 aromatic heterocycles. The van der Waals surface area contributed by atoms with Gasteiger partial charge in [-0.25, -0.2) is 0 Å². The summed E-state index contributed by atoms with van der Waals surface area (Å²) in [6.45, 7) is 86.4. The van der Waals surface area contributed by atoms with E-state index in [1.807, 2.05) is 0 Å². The van der Waals surface area contributed by atoms with Crippen molar-refractivity contribution < 1.29 is 69.1 Å². The lowest BCUT2D eigenvalue weighted by Crippen LogP contribution is -2.34. The van der Waals surface area contributed by atoms with E-state index >= 15 is 0 Å². The van der Waals surface area contributed by atoms with E-state index in [0.29, 0.717) is 61.9 Å². The first-order valence-electron chi connectivity index (χ1n) is 24.5. The number of hydrogen-bond donors (Lipinski definition) is 0. The van der Waals surface area contributed by atoms with Crippen LogP contribution in [0.15, 0.2) is 0 Å². The van der Waals surface area contributed by atoms with Gasteiger partial charge in [-0.15, -0.1) is 0 Å². The molecule has 0 heterocycles. The third kappa shape index (κ3) is 65.1. The quantitative estimate of drug-likeness (QED) is 0.129. The molecule has 0 atom stereocenters. The monoisotopic (exact) mass is 1160 g/mol. The van der Waals surface area contributed by atoms with E-state index in [-0.39, 0.29) is 0 Å². The molecule has 0 spiro atoms. The fourth-order valence-corrected chi connectivity index (χ4v) is 40.5. The summed E-state index contributed by atoms with van der Waals surface area (Å²) >= 11 is 0. The zero-order valence-corrected chi connectivity index (χ0v) is 56.4. The lowest BCUT2D eigenvalue weighted by Gasteiger charge is -2.42. The Kier molecular flexibility index (Phi) is 37.8. The molecule has 0 fully saturated rings. The average molecular weight is 1160 g/mol. The lowest BCUT2D eigenvalue weighted by atomic mass is 10.2. The van der Waals surface area contributed by atoms with Gasteiger partial charge in [-0.2, -0.15) is 0 Å². The van der Waals surface area contributed by atoms with Crippen LogP contribution in [-0.4, -0.2) is 90.9 Å². The number of halogens is 16. The molecule has 0 saturated heterocycles. The Balaban J connectivity index is -0.000000112. The molecule has 0 aliphatic carbocycles. The molecule has 24 heteroatoms. The van der Waals surface area contributed by atoms with Crippen molar-refractivity contribution in [2.75, 3.05) is 0 Å². The Morgan fingerprint density at radius 3 is 0.167 bits per heavy atom. The molecule has 0 aliphatic rings. The Bertz CT molecular complexity index is 1030. The van der Waals surface area contributed by atoms with Crippen molar-refractivity contribution in [3.8, 4) is 0 Å². The van der Waals surface area contributed by atoms with Gasteiger partial charge in [0.15, 0.2) is 0 Å². The lowest BCUT2D eigenvalue weighted by molar-refractivity contribution is 0.366. The SMILES string of the molecule is CC(C)(C)[PH+](C(C)(C)C)C(C)(C)C.CC(C)(C)[PH+](C(C)(C)C)C(C)(C)C.CC(C)(C)[PH+](C(C)(C)C)C(C)(C)C.CC(C)(C)[PH+](C(C)(C)C)C(C)(C)C.F[B-](F)(F)F.F[B-](F)(F)F.F[B-](F)(F)F.F[B-](F)(F)F. The molecule has 0 bridgehead atoms. The average Bonchev–Trinajstić information content (AvgIpc) is 2.72. The highest BCUT2D eigenvalue weighted by Crippen LogP contribution is 2.69. The van der Waals surface area contributed by atoms with Crippen molar-refractivity contribution in [2.45, 2.75) is 311 Å². The minimum absolute atomic E-state index is 0.391. The first-order valence-corrected chi connectivity index (χ1v) is 30.5. The van der Waals surface area contributed by atoms with Gasteiger partial charge in [0.25, 0.3) is 0 Å². The second-order valence-corrected chi connectivity index (χ2v) is 51.5. The molecule has 0 amide bonds. The molecule has 72 heavy (non-hydrogen) atoms. The summed E-state index contributed by atoms with van der Waals surface area (Å²) < 4.78 is 156. The van der Waals surface area contributed by atoms with Crippen LogP contribution < -0.4 is 0 Å². The summed E-state index contributed by atoms with van der Waals surface area (Å²) in [4.78, 5) is 0. The Labute approximate surface area is 439 Å². The molecule has 0 rings (SSSR count). The summed E-state index contributed by atoms with van der Waals surface area (Å²) in [7, 11) is -25.6. The molecule has 0 aromatic carbocycles. The van der Waals surface area contributed by atoms with E-state index in [0.717, 1.165) is 0 Å². The van der Waals surface area contributed by atoms with Crippen LogP contribution in [-0.2, 0) is 0 Å². The maximum atomic E-state index is 9.75. The molecule has 0 nitrogen and oxygen atoms in total. The van der Waals surface area contributed by atoms with E-state index < -0.39 is 60.7 Å². The zero-order valence-electron chi connectivity index (χ0n) is 52.4. The Morgan fingerprint density at radius 1 is 0.139 bits per heavy atom. The van der Waals surface area contributed by atoms with Gasteiger partial charge in [0, 0.05) is 31.7 Å². The van der Waals surface area contributed by atoms with Gasteiger partial charge in [0.2, 0.25) is 0 Å². The fraction of sp³-hybridized carbons (Fsp3) is 1.00. The molecule has 0 aromatic rings. The molecule has 0 aliphatic heterocycles. The minimum Gasteiger partial charge on any atom is -0.418 e. The van der Waals surface area contributed by atoms with Crippen LogP contribution in [0.1, 0.15) is 249 Å². The highest BCUT2D eigenvalue weighted by Gasteiger charge is 2.52. The summed E-state index contributed by atoms with van der Waals surface area (Å²) in [5.74, 6) is 0. The van der Waals surface area contributed by atoms with Crippen LogP contribution in [0, 0.1) is 0 Å². The van der Waals surface area contributed by atoms with Crippen LogP contribution in [0.25, 0.3) is 0 Å². The summed E-state index contributed by atoms with van der Waals surface area (Å²) in [5, 5.41) is 5.85. The molecule has 0 saturated carbocycles. The largest absolute Gasteiger partial charge is 0.673 e.